The number of halogens is 3. The maximum atomic E-state index is 13.4. The number of anilines is 1. The van der Waals surface area contributed by atoms with E-state index in [1.165, 1.54) is 21.4 Å². The Morgan fingerprint density at radius 1 is 1.15 bits per heavy atom. The van der Waals surface area contributed by atoms with Crippen LogP contribution in [0, 0.1) is 17.8 Å². The number of carbonyl (C=O) groups excluding carboxylic acids is 1. The summed E-state index contributed by atoms with van der Waals surface area (Å²) in [6.45, 7) is 4.18. The van der Waals surface area contributed by atoms with Crippen LogP contribution in [-0.4, -0.2) is 103 Å². The lowest BCUT2D eigenvalue weighted by Gasteiger charge is -2.38. The molecule has 47 heavy (non-hydrogen) atoms. The molecule has 0 amide bonds. The number of carboxylic acid groups (broad SMARTS) is 1. The van der Waals surface area contributed by atoms with Crippen molar-refractivity contribution >= 4 is 28.5 Å². The Morgan fingerprint density at radius 2 is 1.91 bits per heavy atom. The van der Waals surface area contributed by atoms with E-state index >= 15 is 0 Å². The third-order valence-electron chi connectivity index (χ3n) is 7.99. The number of carboxylic acids is 1. The molecule has 256 valence electrons. The molecule has 1 fully saturated rings. The van der Waals surface area contributed by atoms with Gasteiger partial charge in [0.05, 0.1) is 49.7 Å². The lowest BCUT2D eigenvalue weighted by Crippen LogP contribution is -2.45. The van der Waals surface area contributed by atoms with Gasteiger partial charge in [-0.25, -0.2) is 9.59 Å². The van der Waals surface area contributed by atoms with E-state index in [2.05, 4.69) is 29.1 Å². The number of fused-ring (bicyclic) bond motifs is 1. The Bertz CT molecular complexity index is 1570. The molecule has 2 atom stereocenters. The van der Waals surface area contributed by atoms with E-state index in [0.29, 0.717) is 30.7 Å². The van der Waals surface area contributed by atoms with Crippen LogP contribution in [0.2, 0.25) is 0 Å². The molecule has 0 saturated carbocycles. The van der Waals surface area contributed by atoms with Crippen LogP contribution in [0.3, 0.4) is 0 Å². The lowest BCUT2D eigenvalue weighted by molar-refractivity contribution is -0.140. The van der Waals surface area contributed by atoms with Crippen molar-refractivity contribution in [2.45, 2.75) is 45.1 Å². The summed E-state index contributed by atoms with van der Waals surface area (Å²) >= 11 is 0. The molecule has 1 saturated heterocycles. The number of piperidine rings is 1. The van der Waals surface area contributed by atoms with Crippen molar-refractivity contribution in [3.05, 3.63) is 53.5 Å². The molecule has 4 N–H and O–H groups in total. The lowest BCUT2D eigenvalue weighted by atomic mass is 9.89. The van der Waals surface area contributed by atoms with Crippen molar-refractivity contribution in [1.29, 1.82) is 0 Å². The zero-order valence-electron chi connectivity index (χ0n) is 26.6. The highest BCUT2D eigenvalue weighted by Gasteiger charge is 2.31. The van der Waals surface area contributed by atoms with Gasteiger partial charge in [0.2, 0.25) is 0 Å². The van der Waals surface area contributed by atoms with E-state index in [4.69, 9.17) is 19.9 Å². The van der Waals surface area contributed by atoms with E-state index in [1.807, 2.05) is 6.07 Å². The third kappa shape index (κ3) is 9.98. The fraction of sp³-hybridized carbons (Fsp3) is 0.515. The van der Waals surface area contributed by atoms with Crippen molar-refractivity contribution in [3.63, 3.8) is 0 Å². The monoisotopic (exact) mass is 661 g/mol. The minimum atomic E-state index is -4.40. The van der Waals surface area contributed by atoms with Crippen LogP contribution < -0.4 is 11.1 Å². The highest BCUT2D eigenvalue weighted by Crippen LogP contribution is 2.32. The number of ether oxygens (including phenoxy) is 3. The highest BCUT2D eigenvalue weighted by molar-refractivity contribution is 5.95. The van der Waals surface area contributed by atoms with Crippen LogP contribution in [0.5, 0.6) is 0 Å². The molecule has 1 aliphatic rings. The van der Waals surface area contributed by atoms with E-state index < -0.39 is 24.7 Å². The quantitative estimate of drug-likeness (QED) is 0.125. The van der Waals surface area contributed by atoms with Crippen LogP contribution in [0.4, 0.5) is 18.9 Å². The zero-order valence-corrected chi connectivity index (χ0v) is 26.6. The molecule has 1 aromatic carbocycles. The first-order chi connectivity index (χ1) is 22.5. The maximum absolute atomic E-state index is 13.4. The summed E-state index contributed by atoms with van der Waals surface area (Å²) in [4.78, 5) is 25.8. The van der Waals surface area contributed by atoms with Gasteiger partial charge >= 0.3 is 18.1 Å². The summed E-state index contributed by atoms with van der Waals surface area (Å²) in [7, 11) is 2.07. The Labute approximate surface area is 271 Å². The number of hydrogen-bond donors (Lipinski definition) is 3. The SMILES string of the molecule is CCOC(=O)c1cc(C(=O)O)cn1CCOCCOCCC1CN(C)CCC1Nc1cccc2c1cc(C#CCN)n2CC(F)(F)F. The van der Waals surface area contributed by atoms with Crippen molar-refractivity contribution in [3.8, 4) is 11.8 Å². The molecule has 11 nitrogen and oxygen atoms in total. The molecule has 0 spiro atoms. The summed E-state index contributed by atoms with van der Waals surface area (Å²) in [6, 6.07) is 8.38. The number of nitrogens with one attached hydrogen (secondary N) is 1. The summed E-state index contributed by atoms with van der Waals surface area (Å²) in [6.07, 6.45) is -1.39. The second-order valence-corrected chi connectivity index (χ2v) is 11.4. The van der Waals surface area contributed by atoms with Gasteiger partial charge < -0.3 is 44.4 Å². The first-order valence-electron chi connectivity index (χ1n) is 15.6. The molecule has 0 radical (unpaired) electrons. The van der Waals surface area contributed by atoms with Gasteiger partial charge in [0.1, 0.15) is 12.2 Å². The number of esters is 1. The number of likely N-dealkylation sites (tertiary alicyclic amines) is 1. The first kappa shape index (κ1) is 35.8. The van der Waals surface area contributed by atoms with Gasteiger partial charge in [0, 0.05) is 43.0 Å². The predicted octanol–water partition coefficient (Wildman–Crippen LogP) is 4.05. The van der Waals surface area contributed by atoms with Gasteiger partial charge in [-0.1, -0.05) is 12.0 Å². The summed E-state index contributed by atoms with van der Waals surface area (Å²) < 4.78 is 59.6. The Hall–Kier alpha value is -4.03. The predicted molar refractivity (Wildman–Crippen MR) is 171 cm³/mol. The van der Waals surface area contributed by atoms with Crippen LogP contribution in [0.15, 0.2) is 36.5 Å². The molecule has 14 heteroatoms. The zero-order chi connectivity index (χ0) is 34.0. The number of nitrogens with two attached hydrogens (primary N) is 1. The molecule has 0 aliphatic carbocycles. The Kier molecular flexibility index (Phi) is 12.7. The van der Waals surface area contributed by atoms with Gasteiger partial charge in [0.15, 0.2) is 0 Å². The van der Waals surface area contributed by atoms with E-state index in [9.17, 15) is 27.9 Å². The highest BCUT2D eigenvalue weighted by atomic mass is 19.4. The van der Waals surface area contributed by atoms with Crippen molar-refractivity contribution in [2.24, 2.45) is 11.7 Å². The molecular weight excluding hydrogens is 619 g/mol. The largest absolute Gasteiger partial charge is 0.478 e. The van der Waals surface area contributed by atoms with Crippen molar-refractivity contribution < 1.29 is 42.1 Å². The van der Waals surface area contributed by atoms with E-state index in [-0.39, 0.29) is 55.2 Å². The fourth-order valence-electron chi connectivity index (χ4n) is 5.81. The van der Waals surface area contributed by atoms with Gasteiger partial charge in [-0.15, -0.1) is 0 Å². The average Bonchev–Trinajstić information content (AvgIpc) is 3.60. The molecular formula is C33H42F3N5O6. The number of aromatic nitrogens is 2. The molecule has 4 rings (SSSR count). The minimum Gasteiger partial charge on any atom is -0.478 e. The molecule has 3 heterocycles. The second-order valence-electron chi connectivity index (χ2n) is 11.4. The second kappa shape index (κ2) is 16.7. The van der Waals surface area contributed by atoms with Crippen molar-refractivity contribution in [2.75, 3.05) is 65.0 Å². The van der Waals surface area contributed by atoms with E-state index in [1.54, 1.807) is 25.1 Å². The smallest absolute Gasteiger partial charge is 0.406 e. The van der Waals surface area contributed by atoms with Gasteiger partial charge in [-0.05, 0) is 69.5 Å². The standard InChI is InChI=1S/C33H42F3N5O6/c1-3-47-32(44)30-18-24(31(42)43)21-40(30)13-15-46-17-16-45-14-10-23-20-39(2)12-9-27(23)38-28-7-4-8-29-26(28)19-25(6-5-11-37)41(29)22-33(34,35)36/h4,7-8,18-19,21,23,27,38H,3,9-17,20,22,37H2,1-2H3,(H,42,43). The number of rotatable bonds is 15. The Balaban J connectivity index is 1.30. The minimum absolute atomic E-state index is 0.00403. The van der Waals surface area contributed by atoms with E-state index in [0.717, 1.165) is 31.6 Å². The molecule has 2 aromatic heterocycles. The number of nitrogens with zero attached hydrogens (tertiary/aromatic N) is 3. The van der Waals surface area contributed by atoms with Gasteiger partial charge in [-0.3, -0.25) is 0 Å². The molecule has 3 aromatic rings. The Morgan fingerprint density at radius 3 is 2.62 bits per heavy atom. The summed E-state index contributed by atoms with van der Waals surface area (Å²) in [5.41, 5.74) is 7.13. The molecule has 1 aliphatic heterocycles. The topological polar surface area (TPSA) is 133 Å². The third-order valence-corrected chi connectivity index (χ3v) is 7.99. The number of carbonyl (C=O) groups is 2. The normalized spacial score (nSPS) is 17.0. The fourth-order valence-corrected chi connectivity index (χ4v) is 5.81. The molecule has 0 bridgehead atoms. The van der Waals surface area contributed by atoms with Crippen LogP contribution >= 0.6 is 0 Å². The van der Waals surface area contributed by atoms with Crippen LogP contribution in [0.1, 0.15) is 46.3 Å². The van der Waals surface area contributed by atoms with Crippen molar-refractivity contribution in [1.82, 2.24) is 14.0 Å². The molecule has 2 unspecified atom stereocenters. The summed E-state index contributed by atoms with van der Waals surface area (Å²) in [5, 5.41) is 13.6. The number of aromatic carboxylic acids is 1. The first-order valence-corrected chi connectivity index (χ1v) is 15.6. The van der Waals surface area contributed by atoms with Crippen LogP contribution in [0.25, 0.3) is 10.9 Å². The number of hydrogen-bond acceptors (Lipinski definition) is 8. The van der Waals surface area contributed by atoms with Gasteiger partial charge in [0.25, 0.3) is 0 Å². The number of benzene rings is 1. The number of alkyl halides is 3. The average molecular weight is 662 g/mol. The van der Waals surface area contributed by atoms with Crippen LogP contribution in [-0.2, 0) is 27.3 Å². The summed E-state index contributed by atoms with van der Waals surface area (Å²) in [5.74, 6) is 3.97. The van der Waals surface area contributed by atoms with Gasteiger partial charge in [-0.2, -0.15) is 13.2 Å². The maximum Gasteiger partial charge on any atom is 0.406 e.